The Balaban J connectivity index is 2.10. The van der Waals surface area contributed by atoms with E-state index in [2.05, 4.69) is 30.5 Å². The van der Waals surface area contributed by atoms with Crippen molar-refractivity contribution in [3.63, 3.8) is 0 Å². The van der Waals surface area contributed by atoms with E-state index in [1.807, 2.05) is 6.07 Å². The second kappa shape index (κ2) is 5.15. The first-order valence-electron chi connectivity index (χ1n) is 7.37. The lowest BCUT2D eigenvalue weighted by Crippen LogP contribution is -2.29. The average Bonchev–Trinajstić information content (AvgIpc) is 3.22. The van der Waals surface area contributed by atoms with Gasteiger partial charge in [-0.3, -0.25) is 0 Å². The van der Waals surface area contributed by atoms with E-state index in [0.29, 0.717) is 17.5 Å². The summed E-state index contributed by atoms with van der Waals surface area (Å²) in [4.78, 5) is 18.1. The smallest absolute Gasteiger partial charge is 0.335 e. The summed E-state index contributed by atoms with van der Waals surface area (Å²) in [6.45, 7) is 3.00. The van der Waals surface area contributed by atoms with E-state index in [1.165, 1.54) is 12.8 Å². The zero-order chi connectivity index (χ0) is 15.1. The third kappa shape index (κ3) is 2.65. The van der Waals surface area contributed by atoms with Crippen LogP contribution < -0.4 is 0 Å². The Kier molecular flexibility index (Phi) is 3.45. The van der Waals surface area contributed by atoms with E-state index >= 15 is 0 Å². The Labute approximate surface area is 124 Å². The molecule has 1 saturated carbocycles. The number of carbonyl (C=O) groups is 1. The van der Waals surface area contributed by atoms with Crippen molar-refractivity contribution < 1.29 is 9.90 Å². The number of imidazole rings is 1. The second-order valence-corrected chi connectivity index (χ2v) is 6.18. The van der Waals surface area contributed by atoms with Crippen LogP contribution in [0.5, 0.6) is 0 Å². The summed E-state index contributed by atoms with van der Waals surface area (Å²) in [5, 5.41) is 9.20. The van der Waals surface area contributed by atoms with E-state index in [-0.39, 0.29) is 0 Å². The number of hydrogen-bond acceptors (Lipinski definition) is 3. The molecular weight excluding hydrogens is 266 g/mol. The molecule has 1 aliphatic rings. The minimum atomic E-state index is -0.890. The van der Waals surface area contributed by atoms with Crippen LogP contribution in [0.4, 0.5) is 0 Å². The standard InChI is InChI=1S/C16H21N3O2/c1-10(18(2)3)9-19-14-8-12(16(20)21)6-7-13(14)17-15(19)11-4-5-11/h6-8,10-11H,4-5,9H2,1-3H3,(H,20,21). The fourth-order valence-electron chi connectivity index (χ4n) is 2.55. The third-order valence-corrected chi connectivity index (χ3v) is 4.30. The predicted molar refractivity (Wildman–Crippen MR) is 81.8 cm³/mol. The normalized spacial score (nSPS) is 16.6. The van der Waals surface area contributed by atoms with Crippen LogP contribution in [0.15, 0.2) is 18.2 Å². The highest BCUT2D eigenvalue weighted by Gasteiger charge is 2.30. The molecule has 1 unspecified atom stereocenters. The Morgan fingerprint density at radius 2 is 2.19 bits per heavy atom. The van der Waals surface area contributed by atoms with Crippen LogP contribution in [0.1, 0.15) is 41.9 Å². The van der Waals surface area contributed by atoms with Crippen molar-refractivity contribution in [3.8, 4) is 0 Å². The van der Waals surface area contributed by atoms with Gasteiger partial charge >= 0.3 is 5.97 Å². The molecule has 0 spiro atoms. The lowest BCUT2D eigenvalue weighted by Gasteiger charge is -2.21. The highest BCUT2D eigenvalue weighted by atomic mass is 16.4. The number of aromatic nitrogens is 2. The number of aromatic carboxylic acids is 1. The number of benzene rings is 1. The van der Waals surface area contributed by atoms with Gasteiger partial charge in [0.2, 0.25) is 0 Å². The van der Waals surface area contributed by atoms with Gasteiger partial charge in [0.1, 0.15) is 5.82 Å². The minimum absolute atomic E-state index is 0.323. The molecule has 0 aliphatic heterocycles. The molecule has 0 saturated heterocycles. The second-order valence-electron chi connectivity index (χ2n) is 6.18. The van der Waals surface area contributed by atoms with Crippen molar-refractivity contribution in [2.24, 2.45) is 0 Å². The third-order valence-electron chi connectivity index (χ3n) is 4.30. The van der Waals surface area contributed by atoms with Gasteiger partial charge in [-0.05, 0) is 52.1 Å². The highest BCUT2D eigenvalue weighted by molar-refractivity contribution is 5.92. The first kappa shape index (κ1) is 14.1. The highest BCUT2D eigenvalue weighted by Crippen LogP contribution is 2.40. The Morgan fingerprint density at radius 3 is 2.76 bits per heavy atom. The van der Waals surface area contributed by atoms with Gasteiger partial charge in [-0.1, -0.05) is 0 Å². The molecule has 1 N–H and O–H groups in total. The molecule has 1 heterocycles. The van der Waals surface area contributed by atoms with Crippen LogP contribution in [0, 0.1) is 0 Å². The van der Waals surface area contributed by atoms with E-state index in [0.717, 1.165) is 23.4 Å². The van der Waals surface area contributed by atoms with Gasteiger partial charge in [0.05, 0.1) is 16.6 Å². The van der Waals surface area contributed by atoms with Crippen LogP contribution in [0.2, 0.25) is 0 Å². The largest absolute Gasteiger partial charge is 0.478 e. The van der Waals surface area contributed by atoms with Crippen molar-refractivity contribution in [2.75, 3.05) is 14.1 Å². The summed E-state index contributed by atoms with van der Waals surface area (Å²) >= 11 is 0. The lowest BCUT2D eigenvalue weighted by atomic mass is 10.2. The van der Waals surface area contributed by atoms with Crippen LogP contribution in [0.25, 0.3) is 11.0 Å². The molecule has 1 fully saturated rings. The van der Waals surface area contributed by atoms with Gasteiger partial charge in [-0.25, -0.2) is 9.78 Å². The molecule has 5 nitrogen and oxygen atoms in total. The molecule has 21 heavy (non-hydrogen) atoms. The van der Waals surface area contributed by atoms with Crippen molar-refractivity contribution in [3.05, 3.63) is 29.6 Å². The fourth-order valence-corrected chi connectivity index (χ4v) is 2.55. The molecule has 1 atom stereocenters. The maximum atomic E-state index is 11.2. The topological polar surface area (TPSA) is 58.4 Å². The minimum Gasteiger partial charge on any atom is -0.478 e. The molecule has 0 bridgehead atoms. The van der Waals surface area contributed by atoms with Gasteiger partial charge in [0.15, 0.2) is 0 Å². The monoisotopic (exact) mass is 287 g/mol. The van der Waals surface area contributed by atoms with Crippen LogP contribution in [-0.2, 0) is 6.54 Å². The number of carboxylic acid groups (broad SMARTS) is 1. The molecule has 0 amide bonds. The SMILES string of the molecule is CC(Cn1c(C2CC2)nc2ccc(C(=O)O)cc21)N(C)C. The molecule has 1 aromatic carbocycles. The fraction of sp³-hybridized carbons (Fsp3) is 0.500. The van der Waals surface area contributed by atoms with Gasteiger partial charge in [0, 0.05) is 18.5 Å². The van der Waals surface area contributed by atoms with E-state index in [4.69, 9.17) is 4.98 Å². The van der Waals surface area contributed by atoms with Gasteiger partial charge in [0.25, 0.3) is 0 Å². The molecule has 0 radical (unpaired) electrons. The van der Waals surface area contributed by atoms with Crippen molar-refractivity contribution in [2.45, 2.75) is 38.3 Å². The molecule has 1 aliphatic carbocycles. The Hall–Kier alpha value is -1.88. The number of likely N-dealkylation sites (N-methyl/N-ethyl adjacent to an activating group) is 1. The van der Waals surface area contributed by atoms with E-state index < -0.39 is 5.97 Å². The molecule has 5 heteroatoms. The van der Waals surface area contributed by atoms with E-state index in [1.54, 1.807) is 12.1 Å². The number of hydrogen-bond donors (Lipinski definition) is 1. The number of rotatable bonds is 5. The molecule has 1 aromatic heterocycles. The summed E-state index contributed by atoms with van der Waals surface area (Å²) in [7, 11) is 4.12. The average molecular weight is 287 g/mol. The van der Waals surface area contributed by atoms with Crippen LogP contribution in [-0.4, -0.2) is 45.7 Å². The van der Waals surface area contributed by atoms with Crippen LogP contribution >= 0.6 is 0 Å². The molecular formula is C16H21N3O2. The van der Waals surface area contributed by atoms with Crippen molar-refractivity contribution in [1.82, 2.24) is 14.5 Å². The quantitative estimate of drug-likeness (QED) is 0.918. The zero-order valence-corrected chi connectivity index (χ0v) is 12.7. The van der Waals surface area contributed by atoms with Crippen LogP contribution in [0.3, 0.4) is 0 Å². The number of carboxylic acids is 1. The number of fused-ring (bicyclic) bond motifs is 1. The van der Waals surface area contributed by atoms with Gasteiger partial charge in [-0.2, -0.15) is 0 Å². The van der Waals surface area contributed by atoms with E-state index in [9.17, 15) is 9.90 Å². The maximum absolute atomic E-state index is 11.2. The summed E-state index contributed by atoms with van der Waals surface area (Å²) in [6.07, 6.45) is 2.37. The summed E-state index contributed by atoms with van der Waals surface area (Å²) in [5.41, 5.74) is 2.15. The summed E-state index contributed by atoms with van der Waals surface area (Å²) < 4.78 is 2.21. The maximum Gasteiger partial charge on any atom is 0.335 e. The Bertz CT molecular complexity index is 686. The van der Waals surface area contributed by atoms with Crippen molar-refractivity contribution >= 4 is 17.0 Å². The molecule has 2 aromatic rings. The predicted octanol–water partition coefficient (Wildman–Crippen LogP) is 2.56. The van der Waals surface area contributed by atoms with Gasteiger partial charge in [-0.15, -0.1) is 0 Å². The first-order valence-corrected chi connectivity index (χ1v) is 7.37. The summed E-state index contributed by atoms with van der Waals surface area (Å²) in [6, 6.07) is 5.57. The summed E-state index contributed by atoms with van der Waals surface area (Å²) in [5.74, 6) is 0.763. The molecule has 3 rings (SSSR count). The lowest BCUT2D eigenvalue weighted by molar-refractivity contribution is 0.0697. The van der Waals surface area contributed by atoms with Gasteiger partial charge < -0.3 is 14.6 Å². The Morgan fingerprint density at radius 1 is 1.48 bits per heavy atom. The molecule has 112 valence electrons. The number of nitrogens with zero attached hydrogens (tertiary/aromatic N) is 3. The zero-order valence-electron chi connectivity index (χ0n) is 12.7. The first-order chi connectivity index (χ1) is 9.97. The van der Waals surface area contributed by atoms with Crippen molar-refractivity contribution in [1.29, 1.82) is 0 Å².